The highest BCUT2D eigenvalue weighted by Gasteiger charge is 2.50. The number of benzene rings is 2. The van der Waals surface area contributed by atoms with Crippen LogP contribution in [0.4, 0.5) is 4.79 Å². The third-order valence-electron chi connectivity index (χ3n) is 11.0. The standard InChI is InChI=1S/C46H64N6O8S/c1-29-39(61-28-48-29)31-16-18-32(19-17-31)46(22-23-46)51-41(56)36-25-34(53)26-52(36)42(57)40(44(2,3)4)50-38(55)15-10-8-9-12-30-13-11-14-35(24-30)59-27-33(20-21-37(47)54)49-43(58)60-45(5,6)7/h11,13-14,16-19,24,28,33-34,36,40,53H,8-10,12,15,20-23,25-27H2,1-7H3,(H2,47,54)(H,49,58)(H,50,55)(H,51,56)/t33-,34+,36-,40+/m0/s1. The van der Waals surface area contributed by atoms with Crippen LogP contribution in [0, 0.1) is 12.3 Å². The second-order valence-corrected chi connectivity index (χ2v) is 19.4. The van der Waals surface area contributed by atoms with Gasteiger partial charge in [0.2, 0.25) is 23.6 Å². The van der Waals surface area contributed by atoms with Crippen LogP contribution in [-0.2, 0) is 35.9 Å². The van der Waals surface area contributed by atoms with Gasteiger partial charge in [-0.3, -0.25) is 19.2 Å². The number of amides is 5. The fourth-order valence-corrected chi connectivity index (χ4v) is 8.38. The van der Waals surface area contributed by atoms with Crippen molar-refractivity contribution in [2.45, 2.75) is 148 Å². The number of aliphatic hydroxyl groups is 1. The molecule has 3 aromatic rings. The number of hydrogen-bond donors (Lipinski definition) is 5. The van der Waals surface area contributed by atoms with E-state index in [1.54, 1.807) is 32.1 Å². The molecule has 2 fully saturated rings. The van der Waals surface area contributed by atoms with E-state index in [9.17, 15) is 29.1 Å². The molecule has 1 aliphatic heterocycles. The van der Waals surface area contributed by atoms with Crippen LogP contribution in [0.25, 0.3) is 10.4 Å². The lowest BCUT2D eigenvalue weighted by atomic mass is 9.85. The molecule has 0 bridgehead atoms. The van der Waals surface area contributed by atoms with Gasteiger partial charge in [-0.1, -0.05) is 63.6 Å². The number of aliphatic hydroxyl groups excluding tert-OH is 1. The summed E-state index contributed by atoms with van der Waals surface area (Å²) in [7, 11) is 0. The molecule has 1 aromatic heterocycles. The van der Waals surface area contributed by atoms with Crippen molar-refractivity contribution in [3.63, 3.8) is 0 Å². The fourth-order valence-electron chi connectivity index (χ4n) is 7.57. The summed E-state index contributed by atoms with van der Waals surface area (Å²) < 4.78 is 11.4. The Balaban J connectivity index is 1.09. The van der Waals surface area contributed by atoms with Gasteiger partial charge in [0.25, 0.3) is 0 Å². The molecule has 0 unspecified atom stereocenters. The van der Waals surface area contributed by atoms with E-state index < -0.39 is 52.8 Å². The van der Waals surface area contributed by atoms with Gasteiger partial charge in [-0.2, -0.15) is 0 Å². The summed E-state index contributed by atoms with van der Waals surface area (Å²) in [6, 6.07) is 13.6. The zero-order valence-corrected chi connectivity index (χ0v) is 37.5. The van der Waals surface area contributed by atoms with E-state index in [0.717, 1.165) is 59.4 Å². The van der Waals surface area contributed by atoms with Gasteiger partial charge < -0.3 is 41.2 Å². The van der Waals surface area contributed by atoms with E-state index in [1.807, 2.05) is 81.7 Å². The van der Waals surface area contributed by atoms with Crippen LogP contribution in [-0.4, -0.2) is 87.7 Å². The van der Waals surface area contributed by atoms with Gasteiger partial charge in [-0.25, -0.2) is 9.78 Å². The third-order valence-corrected chi connectivity index (χ3v) is 12.0. The molecule has 1 saturated carbocycles. The van der Waals surface area contributed by atoms with Gasteiger partial charge in [-0.05, 0) is 100 Å². The number of hydrogen-bond acceptors (Lipinski definition) is 10. The smallest absolute Gasteiger partial charge is 0.407 e. The Bertz CT molecular complexity index is 2000. The van der Waals surface area contributed by atoms with Crippen LogP contribution >= 0.6 is 11.3 Å². The number of alkyl carbamates (subject to hydrolysis) is 1. The Morgan fingerprint density at radius 2 is 1.70 bits per heavy atom. The average Bonchev–Trinajstić information content (AvgIpc) is 3.65. The third kappa shape index (κ3) is 13.7. The van der Waals surface area contributed by atoms with Crippen molar-refractivity contribution < 1.29 is 38.6 Å². The molecule has 2 aromatic carbocycles. The Morgan fingerprint density at radius 3 is 2.33 bits per heavy atom. The van der Waals surface area contributed by atoms with Crippen molar-refractivity contribution in [3.05, 3.63) is 70.9 Å². The summed E-state index contributed by atoms with van der Waals surface area (Å²) in [6.07, 6.45) is 3.81. The maximum atomic E-state index is 14.2. The zero-order valence-electron chi connectivity index (χ0n) is 36.7. The number of nitrogens with two attached hydrogens (primary N) is 1. The SMILES string of the molecule is Cc1ncsc1-c1ccc(C2(NC(=O)[C@@H]3C[C@@H](O)CN3C(=O)[C@@H](NC(=O)CCCCCc3cccc(OC[C@H](CCC(N)=O)NC(=O)OC(C)(C)C)c3)C(C)(C)C)CC2)cc1. The molecule has 1 aliphatic carbocycles. The van der Waals surface area contributed by atoms with Gasteiger partial charge >= 0.3 is 6.09 Å². The number of aromatic nitrogens is 1. The van der Waals surface area contributed by atoms with Gasteiger partial charge in [0, 0.05) is 25.8 Å². The minimum atomic E-state index is -0.893. The van der Waals surface area contributed by atoms with Crippen molar-refractivity contribution in [2.24, 2.45) is 11.1 Å². The highest BCUT2D eigenvalue weighted by molar-refractivity contribution is 7.13. The Hall–Kier alpha value is -5.02. The molecular weight excluding hydrogens is 797 g/mol. The summed E-state index contributed by atoms with van der Waals surface area (Å²) in [5.41, 5.74) is 9.42. The first-order chi connectivity index (χ1) is 28.7. The molecule has 15 heteroatoms. The zero-order chi connectivity index (χ0) is 44.5. The first kappa shape index (κ1) is 47.0. The number of carbonyl (C=O) groups excluding carboxylic acids is 5. The number of nitrogens with zero attached hydrogens (tertiary/aromatic N) is 2. The molecule has 4 atom stereocenters. The molecule has 0 radical (unpaired) electrons. The molecule has 2 heterocycles. The topological polar surface area (TPSA) is 202 Å². The second kappa shape index (κ2) is 20.2. The maximum absolute atomic E-state index is 14.2. The lowest BCUT2D eigenvalue weighted by Gasteiger charge is -2.35. The average molecular weight is 861 g/mol. The van der Waals surface area contributed by atoms with E-state index in [2.05, 4.69) is 20.9 Å². The lowest BCUT2D eigenvalue weighted by molar-refractivity contribution is -0.144. The minimum absolute atomic E-state index is 0.0142. The van der Waals surface area contributed by atoms with Gasteiger partial charge in [-0.15, -0.1) is 11.3 Å². The van der Waals surface area contributed by atoms with Crippen molar-refractivity contribution >= 4 is 41.1 Å². The number of primary amides is 1. The predicted molar refractivity (Wildman–Crippen MR) is 235 cm³/mol. The van der Waals surface area contributed by atoms with E-state index in [0.29, 0.717) is 18.6 Å². The Kier molecular flexibility index (Phi) is 15.6. The number of aryl methyl sites for hydroxylation is 2. The van der Waals surface area contributed by atoms with Crippen LogP contribution in [0.1, 0.15) is 116 Å². The largest absolute Gasteiger partial charge is 0.491 e. The summed E-state index contributed by atoms with van der Waals surface area (Å²) in [5, 5.41) is 19.7. The second-order valence-electron chi connectivity index (χ2n) is 18.5. The van der Waals surface area contributed by atoms with E-state index in [-0.39, 0.29) is 50.1 Å². The van der Waals surface area contributed by atoms with Gasteiger partial charge in [0.1, 0.15) is 30.0 Å². The quantitative estimate of drug-likeness (QED) is 0.0889. The normalized spacial score (nSPS) is 18.1. The van der Waals surface area contributed by atoms with Gasteiger partial charge in [0.05, 0.1) is 33.8 Å². The molecule has 5 rings (SSSR count). The molecule has 61 heavy (non-hydrogen) atoms. The first-order valence-electron chi connectivity index (χ1n) is 21.3. The summed E-state index contributed by atoms with van der Waals surface area (Å²) in [6.45, 7) is 13.1. The molecule has 2 aliphatic rings. The van der Waals surface area contributed by atoms with E-state index in [1.165, 1.54) is 4.90 Å². The van der Waals surface area contributed by atoms with E-state index in [4.69, 9.17) is 15.2 Å². The van der Waals surface area contributed by atoms with Crippen LogP contribution in [0.15, 0.2) is 54.0 Å². The number of rotatable bonds is 19. The highest BCUT2D eigenvalue weighted by Crippen LogP contribution is 2.46. The first-order valence-corrected chi connectivity index (χ1v) is 22.2. The number of β-amino-alcohol motifs (C(OH)–C–C–N with tert-alkyl or cyclic N) is 1. The maximum Gasteiger partial charge on any atom is 0.407 e. The molecule has 14 nitrogen and oxygen atoms in total. The van der Waals surface area contributed by atoms with Crippen LogP contribution < -0.4 is 26.4 Å². The molecule has 6 N–H and O–H groups in total. The van der Waals surface area contributed by atoms with Crippen LogP contribution in [0.5, 0.6) is 5.75 Å². The van der Waals surface area contributed by atoms with Crippen molar-refractivity contribution in [1.82, 2.24) is 25.8 Å². The lowest BCUT2D eigenvalue weighted by Crippen LogP contribution is -2.58. The molecule has 0 spiro atoms. The van der Waals surface area contributed by atoms with E-state index >= 15 is 0 Å². The molecule has 5 amide bonds. The summed E-state index contributed by atoms with van der Waals surface area (Å²) in [5.74, 6) is -0.785. The molecule has 332 valence electrons. The number of nitrogens with one attached hydrogen (secondary N) is 3. The monoisotopic (exact) mass is 860 g/mol. The number of carbonyl (C=O) groups is 5. The number of ether oxygens (including phenoxy) is 2. The highest BCUT2D eigenvalue weighted by atomic mass is 32.1. The summed E-state index contributed by atoms with van der Waals surface area (Å²) in [4.78, 5) is 72.0. The minimum Gasteiger partial charge on any atom is -0.491 e. The van der Waals surface area contributed by atoms with Crippen LogP contribution in [0.3, 0.4) is 0 Å². The molecule has 1 saturated heterocycles. The number of thiazole rings is 1. The predicted octanol–water partition coefficient (Wildman–Crippen LogP) is 6.06. The van der Waals surface area contributed by atoms with Crippen molar-refractivity contribution in [3.8, 4) is 16.2 Å². The van der Waals surface area contributed by atoms with Crippen molar-refractivity contribution in [1.29, 1.82) is 0 Å². The number of likely N-dealkylation sites (tertiary alicyclic amines) is 1. The fraction of sp³-hybridized carbons (Fsp3) is 0.565. The Morgan fingerprint density at radius 1 is 0.984 bits per heavy atom. The van der Waals surface area contributed by atoms with Gasteiger partial charge in [0.15, 0.2) is 0 Å². The van der Waals surface area contributed by atoms with Crippen LogP contribution in [0.2, 0.25) is 0 Å². The Labute approximate surface area is 363 Å². The van der Waals surface area contributed by atoms with Crippen molar-refractivity contribution in [2.75, 3.05) is 13.2 Å². The molecular formula is C46H64N6O8S. The summed E-state index contributed by atoms with van der Waals surface area (Å²) >= 11 is 1.59. The number of unbranched alkanes of at least 4 members (excludes halogenated alkanes) is 2.